The molecule has 0 spiro atoms. The second-order valence-corrected chi connectivity index (χ2v) is 7.34. The Labute approximate surface area is 210 Å². The van der Waals surface area contributed by atoms with Crippen LogP contribution in [0.25, 0.3) is 5.57 Å². The third kappa shape index (κ3) is 7.51. The van der Waals surface area contributed by atoms with Crippen LogP contribution in [-0.2, 0) is 0 Å². The average molecular weight is 488 g/mol. The first-order valence-corrected chi connectivity index (χ1v) is 11.0. The Morgan fingerprint density at radius 1 is 1.33 bits per heavy atom. The van der Waals surface area contributed by atoms with E-state index in [1.54, 1.807) is 49.8 Å². The molecule has 0 radical (unpaired) electrons. The molecule has 0 saturated carbocycles. The smallest absolute Gasteiger partial charge is 0.322 e. The van der Waals surface area contributed by atoms with Crippen molar-refractivity contribution >= 4 is 24.7 Å². The number of hydrogen-bond acceptors (Lipinski definition) is 8. The van der Waals surface area contributed by atoms with Crippen LogP contribution in [0.15, 0.2) is 88.4 Å². The van der Waals surface area contributed by atoms with Crippen LogP contribution in [0.3, 0.4) is 0 Å². The molecule has 0 atom stereocenters. The molecular formula is C27H30FN7O. The molecule has 2 aromatic rings. The first kappa shape index (κ1) is 27.7. The molecule has 36 heavy (non-hydrogen) atoms. The van der Waals surface area contributed by atoms with E-state index in [0.717, 1.165) is 17.5 Å². The summed E-state index contributed by atoms with van der Waals surface area (Å²) in [5.74, 6) is -0.668. The lowest BCUT2D eigenvalue weighted by atomic mass is 9.99. The van der Waals surface area contributed by atoms with Gasteiger partial charge in [-0.3, -0.25) is 9.98 Å². The van der Waals surface area contributed by atoms with Gasteiger partial charge in [0.05, 0.1) is 11.4 Å². The maximum absolute atomic E-state index is 15.2. The molecule has 0 bridgehead atoms. The Balaban J connectivity index is 2.65. The van der Waals surface area contributed by atoms with Gasteiger partial charge in [-0.15, -0.1) is 0 Å². The average Bonchev–Trinajstić information content (AvgIpc) is 2.87. The Morgan fingerprint density at radius 3 is 2.69 bits per heavy atom. The zero-order chi connectivity index (χ0) is 26.5. The molecule has 2 rings (SSSR count). The summed E-state index contributed by atoms with van der Waals surface area (Å²) in [5.41, 5.74) is 9.72. The number of nitrogens with two attached hydrogens (primary N) is 1. The van der Waals surface area contributed by atoms with Gasteiger partial charge in [0, 0.05) is 49.7 Å². The van der Waals surface area contributed by atoms with Gasteiger partial charge in [-0.1, -0.05) is 36.9 Å². The van der Waals surface area contributed by atoms with E-state index in [2.05, 4.69) is 38.6 Å². The second-order valence-electron chi connectivity index (χ2n) is 7.34. The summed E-state index contributed by atoms with van der Waals surface area (Å²) in [7, 11) is 1.70. The Kier molecular flexibility index (Phi) is 10.8. The lowest BCUT2D eigenvalue weighted by Gasteiger charge is -2.12. The van der Waals surface area contributed by atoms with Crippen molar-refractivity contribution in [1.82, 2.24) is 15.3 Å². The van der Waals surface area contributed by atoms with Crippen LogP contribution in [0, 0.1) is 25.1 Å². The minimum Gasteiger partial charge on any atom is -0.421 e. The fourth-order valence-electron chi connectivity index (χ4n) is 2.95. The van der Waals surface area contributed by atoms with Crippen molar-refractivity contribution in [3.05, 3.63) is 101 Å². The number of allylic oxidation sites excluding steroid dienone is 5. The first-order valence-electron chi connectivity index (χ1n) is 11.0. The van der Waals surface area contributed by atoms with Crippen molar-refractivity contribution < 1.29 is 9.13 Å². The fourth-order valence-corrected chi connectivity index (χ4v) is 2.95. The van der Waals surface area contributed by atoms with E-state index < -0.39 is 5.82 Å². The maximum atomic E-state index is 15.2. The summed E-state index contributed by atoms with van der Waals surface area (Å²) in [4.78, 5) is 16.9. The third-order valence-electron chi connectivity index (χ3n) is 4.87. The van der Waals surface area contributed by atoms with Crippen molar-refractivity contribution in [3.63, 3.8) is 0 Å². The summed E-state index contributed by atoms with van der Waals surface area (Å²) in [5, 5.41) is 10.4. The minimum atomic E-state index is -0.632. The normalized spacial score (nSPS) is 13.0. The summed E-state index contributed by atoms with van der Waals surface area (Å²) >= 11 is 0. The van der Waals surface area contributed by atoms with E-state index in [4.69, 9.17) is 15.9 Å². The van der Waals surface area contributed by atoms with E-state index in [1.165, 1.54) is 18.3 Å². The van der Waals surface area contributed by atoms with Gasteiger partial charge in [0.1, 0.15) is 0 Å². The molecule has 0 fully saturated rings. The third-order valence-corrected chi connectivity index (χ3v) is 4.87. The zero-order valence-corrected chi connectivity index (χ0v) is 20.6. The van der Waals surface area contributed by atoms with Crippen LogP contribution < -0.4 is 15.8 Å². The van der Waals surface area contributed by atoms with Gasteiger partial charge in [0.2, 0.25) is 0 Å². The largest absolute Gasteiger partial charge is 0.421 e. The maximum Gasteiger partial charge on any atom is 0.322 e. The van der Waals surface area contributed by atoms with Crippen LogP contribution in [0.5, 0.6) is 11.8 Å². The van der Waals surface area contributed by atoms with E-state index in [1.807, 2.05) is 13.8 Å². The number of hydrogen-bond donors (Lipinski definition) is 3. The Bertz CT molecular complexity index is 1270. The molecule has 9 heteroatoms. The second kappa shape index (κ2) is 14.0. The van der Waals surface area contributed by atoms with Gasteiger partial charge in [-0.05, 0) is 49.4 Å². The number of aliphatic imine (C=N–C) groups is 2. The van der Waals surface area contributed by atoms with Crippen molar-refractivity contribution in [2.75, 3.05) is 13.6 Å². The molecule has 1 heterocycles. The molecule has 186 valence electrons. The van der Waals surface area contributed by atoms with Gasteiger partial charge in [0.25, 0.3) is 0 Å². The molecule has 0 amide bonds. The summed E-state index contributed by atoms with van der Waals surface area (Å²) in [6.07, 6.45) is 12.6. The summed E-state index contributed by atoms with van der Waals surface area (Å²) in [6.45, 7) is 11.3. The lowest BCUT2D eigenvalue weighted by Crippen LogP contribution is -2.02. The molecule has 1 aromatic heterocycles. The standard InChI is InChI=1S/C27H30FN7O/c1-6-7-8-20(11-12-29)26(32-5)23(17-33-22(14-30)16-31-4)21-9-10-25(24(28)13-21)36-27-34-15-18(2)19(3)35-27/h6-11,13-17,30-31H,1,5,12,29H2,2-4H3/b8-7-,20-11+,22-16+,26-23+,30-14?,33-17-. The van der Waals surface area contributed by atoms with Crippen molar-refractivity contribution in [2.45, 2.75) is 13.8 Å². The molecule has 8 nitrogen and oxygen atoms in total. The highest BCUT2D eigenvalue weighted by atomic mass is 19.1. The quantitative estimate of drug-likeness (QED) is 0.292. The predicted octanol–water partition coefficient (Wildman–Crippen LogP) is 4.85. The Morgan fingerprint density at radius 2 is 2.11 bits per heavy atom. The number of aryl methyl sites for hydroxylation is 2. The molecular weight excluding hydrogens is 457 g/mol. The van der Waals surface area contributed by atoms with Gasteiger partial charge in [0.15, 0.2) is 11.6 Å². The van der Waals surface area contributed by atoms with Crippen molar-refractivity contribution in [3.8, 4) is 11.8 Å². The Hall–Kier alpha value is -4.50. The van der Waals surface area contributed by atoms with Crippen LogP contribution in [-0.4, -0.2) is 42.7 Å². The molecule has 0 aliphatic heterocycles. The highest BCUT2D eigenvalue weighted by Crippen LogP contribution is 2.29. The van der Waals surface area contributed by atoms with Gasteiger partial charge in [-0.25, -0.2) is 9.37 Å². The van der Waals surface area contributed by atoms with Gasteiger partial charge >= 0.3 is 6.01 Å². The summed E-state index contributed by atoms with van der Waals surface area (Å²) in [6, 6.07) is 4.48. The molecule has 1 aromatic carbocycles. The van der Waals surface area contributed by atoms with Gasteiger partial charge < -0.3 is 21.2 Å². The van der Waals surface area contributed by atoms with Crippen molar-refractivity contribution in [1.29, 1.82) is 5.41 Å². The number of rotatable bonds is 12. The van der Waals surface area contributed by atoms with Crippen LogP contribution in [0.1, 0.15) is 16.8 Å². The SMILES string of the molecule is C=C\C=C/C(=C\CN)C(/N=C)=C(/C=N\C(C=N)=C\NC)c1ccc(Oc2ncc(C)c(C)n2)c(F)c1. The highest BCUT2D eigenvalue weighted by Gasteiger charge is 2.15. The number of aromatic nitrogens is 2. The summed E-state index contributed by atoms with van der Waals surface area (Å²) < 4.78 is 20.7. The fraction of sp³-hybridized carbons (Fsp3) is 0.148. The molecule has 4 N–H and O–H groups in total. The van der Waals surface area contributed by atoms with Crippen LogP contribution >= 0.6 is 0 Å². The predicted molar refractivity (Wildman–Crippen MR) is 145 cm³/mol. The molecule has 0 aliphatic carbocycles. The number of benzene rings is 1. The highest BCUT2D eigenvalue weighted by molar-refractivity contribution is 6.13. The molecule has 0 unspecified atom stereocenters. The number of halogens is 1. The number of ether oxygens (including phenoxy) is 1. The van der Waals surface area contributed by atoms with Crippen LogP contribution in [0.4, 0.5) is 4.39 Å². The topological polar surface area (TPSA) is 122 Å². The molecule has 0 saturated heterocycles. The lowest BCUT2D eigenvalue weighted by molar-refractivity contribution is 0.409. The van der Waals surface area contributed by atoms with E-state index >= 15 is 4.39 Å². The first-order chi connectivity index (χ1) is 17.4. The zero-order valence-electron chi connectivity index (χ0n) is 20.6. The monoisotopic (exact) mass is 487 g/mol. The van der Waals surface area contributed by atoms with Crippen LogP contribution in [0.2, 0.25) is 0 Å². The molecule has 0 aliphatic rings. The van der Waals surface area contributed by atoms with E-state index in [9.17, 15) is 0 Å². The van der Waals surface area contributed by atoms with Gasteiger partial charge in [-0.2, -0.15) is 4.98 Å². The van der Waals surface area contributed by atoms with E-state index in [0.29, 0.717) is 28.1 Å². The van der Waals surface area contributed by atoms with Crippen molar-refractivity contribution in [2.24, 2.45) is 15.7 Å². The van der Waals surface area contributed by atoms with E-state index in [-0.39, 0.29) is 18.3 Å². The minimum absolute atomic E-state index is 0.0362. The number of nitrogens with one attached hydrogen (secondary N) is 2. The number of nitrogens with zero attached hydrogens (tertiary/aromatic N) is 4.